The van der Waals surface area contributed by atoms with Crippen LogP contribution in [0.1, 0.15) is 18.2 Å². The second-order valence-electron chi connectivity index (χ2n) is 7.33. The van der Waals surface area contributed by atoms with E-state index in [0.717, 1.165) is 16.7 Å². The van der Waals surface area contributed by atoms with E-state index in [0.29, 0.717) is 22.9 Å². The Labute approximate surface area is 188 Å². The summed E-state index contributed by atoms with van der Waals surface area (Å²) in [6, 6.07) is 15.9. The van der Waals surface area contributed by atoms with Gasteiger partial charge in [0.1, 0.15) is 23.1 Å². The van der Waals surface area contributed by atoms with E-state index >= 15 is 0 Å². The lowest BCUT2D eigenvalue weighted by Gasteiger charge is -2.12. The molecule has 0 aliphatic heterocycles. The van der Waals surface area contributed by atoms with Gasteiger partial charge in [0.05, 0.1) is 0 Å². The van der Waals surface area contributed by atoms with Crippen molar-refractivity contribution in [3.05, 3.63) is 65.9 Å². The molecule has 10 nitrogen and oxygen atoms in total. The Hall–Kier alpha value is -4.47. The number of nitrogens with one attached hydrogen (secondary N) is 2. The highest BCUT2D eigenvalue weighted by Gasteiger charge is 2.23. The average Bonchev–Trinajstić information content (AvgIpc) is 3.44. The molecule has 0 fully saturated rings. The summed E-state index contributed by atoms with van der Waals surface area (Å²) in [6.45, 7) is 3.45. The predicted octanol–water partition coefficient (Wildman–Crippen LogP) is 3.64. The first kappa shape index (κ1) is 21.8. The van der Waals surface area contributed by atoms with E-state index in [4.69, 9.17) is 14.0 Å². The molecule has 0 saturated carbocycles. The normalized spacial score (nSPS) is 11.7. The van der Waals surface area contributed by atoms with Crippen LogP contribution < -0.4 is 10.6 Å². The van der Waals surface area contributed by atoms with Gasteiger partial charge in [-0.1, -0.05) is 41.6 Å². The van der Waals surface area contributed by atoms with Gasteiger partial charge in [0, 0.05) is 17.7 Å². The second kappa shape index (κ2) is 9.35. The molecule has 2 heterocycles. The molecule has 33 heavy (non-hydrogen) atoms. The van der Waals surface area contributed by atoms with Gasteiger partial charge in [-0.15, -0.1) is 10.2 Å². The lowest BCUT2D eigenvalue weighted by Crippen LogP contribution is -2.43. The first-order valence-electron chi connectivity index (χ1n) is 10.1. The molecule has 0 bridgehead atoms. The van der Waals surface area contributed by atoms with Crippen LogP contribution in [0.15, 0.2) is 63.5 Å². The summed E-state index contributed by atoms with van der Waals surface area (Å²) in [5.74, 6) is 0.771. The van der Waals surface area contributed by atoms with Crippen LogP contribution in [0.2, 0.25) is 0 Å². The zero-order valence-electron chi connectivity index (χ0n) is 17.9. The summed E-state index contributed by atoms with van der Waals surface area (Å²) in [5.41, 5.74) is 3.46. The minimum Gasteiger partial charge on any atom is -0.465 e. The highest BCUT2D eigenvalue weighted by molar-refractivity contribution is 5.84. The first-order chi connectivity index (χ1) is 15.9. The van der Waals surface area contributed by atoms with E-state index in [-0.39, 0.29) is 12.4 Å². The number of amides is 2. The Balaban J connectivity index is 1.56. The van der Waals surface area contributed by atoms with Crippen molar-refractivity contribution >= 4 is 12.0 Å². The number of aryl methyl sites for hydroxylation is 1. The molecular weight excluding hydrogens is 426 g/mol. The molecule has 4 aromatic rings. The summed E-state index contributed by atoms with van der Waals surface area (Å²) < 4.78 is 11.3. The number of hydrogen-bond donors (Lipinski definition) is 3. The van der Waals surface area contributed by atoms with Gasteiger partial charge >= 0.3 is 6.09 Å². The zero-order chi connectivity index (χ0) is 23.4. The molecule has 0 radical (unpaired) electrons. The summed E-state index contributed by atoms with van der Waals surface area (Å²) >= 11 is 0. The standard InChI is InChI=1S/C23H21N5O5/c1-13(25-23(30)31)20(29)24-12-15-7-6-10-17(11-15)19-18(14(2)33-28-19)22-27-26-21(32-22)16-8-4-3-5-9-16/h3-11,13,25H,12H2,1-2H3,(H,24,29)(H,30,31)/t13-/m0/s1. The third-order valence-corrected chi connectivity index (χ3v) is 4.92. The topological polar surface area (TPSA) is 143 Å². The number of carboxylic acid groups (broad SMARTS) is 1. The molecule has 0 saturated heterocycles. The number of carbonyl (C=O) groups excluding carboxylic acids is 1. The maximum absolute atomic E-state index is 12.1. The van der Waals surface area contributed by atoms with Crippen LogP contribution in [0.25, 0.3) is 34.2 Å². The van der Waals surface area contributed by atoms with E-state index in [1.165, 1.54) is 6.92 Å². The van der Waals surface area contributed by atoms with Crippen molar-refractivity contribution in [3.8, 4) is 34.2 Å². The summed E-state index contributed by atoms with van der Waals surface area (Å²) in [6.07, 6.45) is -1.26. The van der Waals surface area contributed by atoms with E-state index in [2.05, 4.69) is 26.0 Å². The fourth-order valence-corrected chi connectivity index (χ4v) is 3.26. The fraction of sp³-hybridized carbons (Fsp3) is 0.174. The molecule has 0 aliphatic rings. The van der Waals surface area contributed by atoms with Crippen LogP contribution in [0.5, 0.6) is 0 Å². The summed E-state index contributed by atoms with van der Waals surface area (Å²) in [7, 11) is 0. The van der Waals surface area contributed by atoms with Crippen molar-refractivity contribution < 1.29 is 23.6 Å². The molecular formula is C23H21N5O5. The molecule has 168 valence electrons. The lowest BCUT2D eigenvalue weighted by atomic mass is 10.0. The van der Waals surface area contributed by atoms with E-state index in [1.807, 2.05) is 54.6 Å². The van der Waals surface area contributed by atoms with Crippen LogP contribution in [-0.2, 0) is 11.3 Å². The van der Waals surface area contributed by atoms with Gasteiger partial charge < -0.3 is 24.7 Å². The van der Waals surface area contributed by atoms with Crippen LogP contribution in [0, 0.1) is 6.92 Å². The van der Waals surface area contributed by atoms with Crippen LogP contribution in [0.3, 0.4) is 0 Å². The average molecular weight is 447 g/mol. The number of rotatable bonds is 7. The molecule has 0 aliphatic carbocycles. The van der Waals surface area contributed by atoms with Gasteiger partial charge in [0.15, 0.2) is 0 Å². The fourth-order valence-electron chi connectivity index (χ4n) is 3.26. The number of carbonyl (C=O) groups is 2. The van der Waals surface area contributed by atoms with Crippen molar-refractivity contribution in [1.29, 1.82) is 0 Å². The van der Waals surface area contributed by atoms with Crippen LogP contribution >= 0.6 is 0 Å². The van der Waals surface area contributed by atoms with Gasteiger partial charge in [-0.05, 0) is 37.6 Å². The summed E-state index contributed by atoms with van der Waals surface area (Å²) in [5, 5.41) is 26.1. The Morgan fingerprint density at radius 2 is 1.76 bits per heavy atom. The van der Waals surface area contributed by atoms with Crippen molar-refractivity contribution in [1.82, 2.24) is 26.0 Å². The molecule has 3 N–H and O–H groups in total. The quantitative estimate of drug-likeness (QED) is 0.390. The van der Waals surface area contributed by atoms with Crippen LogP contribution in [0.4, 0.5) is 4.79 Å². The first-order valence-corrected chi connectivity index (χ1v) is 10.1. The van der Waals surface area contributed by atoms with E-state index in [1.54, 1.807) is 6.92 Å². The van der Waals surface area contributed by atoms with E-state index in [9.17, 15) is 9.59 Å². The van der Waals surface area contributed by atoms with Gasteiger partial charge in [-0.2, -0.15) is 0 Å². The Morgan fingerprint density at radius 3 is 2.52 bits per heavy atom. The van der Waals surface area contributed by atoms with Gasteiger partial charge in [0.2, 0.25) is 11.8 Å². The number of hydrogen-bond acceptors (Lipinski definition) is 7. The minimum atomic E-state index is -1.26. The number of nitrogens with zero attached hydrogens (tertiary/aromatic N) is 3. The maximum atomic E-state index is 12.1. The van der Waals surface area contributed by atoms with Crippen molar-refractivity contribution in [2.24, 2.45) is 0 Å². The molecule has 1 atom stereocenters. The second-order valence-corrected chi connectivity index (χ2v) is 7.33. The molecule has 2 amide bonds. The van der Waals surface area contributed by atoms with E-state index < -0.39 is 18.0 Å². The largest absolute Gasteiger partial charge is 0.465 e. The minimum absolute atomic E-state index is 0.212. The zero-order valence-corrected chi connectivity index (χ0v) is 17.9. The smallest absolute Gasteiger partial charge is 0.405 e. The molecule has 0 spiro atoms. The van der Waals surface area contributed by atoms with Crippen molar-refractivity contribution in [3.63, 3.8) is 0 Å². The molecule has 10 heteroatoms. The third-order valence-electron chi connectivity index (χ3n) is 4.92. The predicted molar refractivity (Wildman–Crippen MR) is 118 cm³/mol. The molecule has 2 aromatic heterocycles. The lowest BCUT2D eigenvalue weighted by molar-refractivity contribution is -0.122. The Bertz CT molecular complexity index is 1280. The molecule has 2 aromatic carbocycles. The highest BCUT2D eigenvalue weighted by Crippen LogP contribution is 2.35. The monoisotopic (exact) mass is 447 g/mol. The van der Waals surface area contributed by atoms with Gasteiger partial charge in [-0.3, -0.25) is 4.79 Å². The molecule has 0 unspecified atom stereocenters. The Morgan fingerprint density at radius 1 is 1.03 bits per heavy atom. The van der Waals surface area contributed by atoms with Gasteiger partial charge in [-0.25, -0.2) is 4.79 Å². The third kappa shape index (κ3) is 4.90. The molecule has 4 rings (SSSR count). The van der Waals surface area contributed by atoms with Crippen LogP contribution in [-0.4, -0.2) is 38.5 Å². The number of benzene rings is 2. The van der Waals surface area contributed by atoms with Crippen molar-refractivity contribution in [2.75, 3.05) is 0 Å². The number of aromatic nitrogens is 3. The van der Waals surface area contributed by atoms with Crippen molar-refractivity contribution in [2.45, 2.75) is 26.4 Å². The summed E-state index contributed by atoms with van der Waals surface area (Å²) in [4.78, 5) is 22.8. The maximum Gasteiger partial charge on any atom is 0.405 e. The van der Waals surface area contributed by atoms with Gasteiger partial charge in [0.25, 0.3) is 5.89 Å². The SMILES string of the molecule is Cc1onc(-c2cccc(CNC(=O)[C@H](C)NC(=O)O)c2)c1-c1nnc(-c2ccccc2)o1. The Kier molecular flexibility index (Phi) is 6.16. The highest BCUT2D eigenvalue weighted by atomic mass is 16.5.